The van der Waals surface area contributed by atoms with Crippen LogP contribution in [0.25, 0.3) is 6.08 Å². The van der Waals surface area contributed by atoms with Gasteiger partial charge in [-0.3, -0.25) is 4.79 Å². The second-order valence-electron chi connectivity index (χ2n) is 6.41. The van der Waals surface area contributed by atoms with Crippen LogP contribution in [-0.2, 0) is 14.8 Å². The van der Waals surface area contributed by atoms with Gasteiger partial charge in [0.15, 0.2) is 6.54 Å². The molecule has 0 bridgehead atoms. The highest BCUT2D eigenvalue weighted by molar-refractivity contribution is 7.92. The van der Waals surface area contributed by atoms with Crippen molar-refractivity contribution < 1.29 is 18.1 Å². The second-order valence-corrected chi connectivity index (χ2v) is 9.14. The van der Waals surface area contributed by atoms with Gasteiger partial charge < -0.3 is 10.2 Å². The first kappa shape index (κ1) is 20.2. The standard InChI is InChI=1S/C19H20N4O3S2/c20-14-17-6-12-27-19(17)21-18(24)15-22-8-10-23(11-9-22)28(25,26)13-7-16-4-2-1-3-5-16/h1-7,12-13H,8-11,15H2,(H,21,24)/p+1/b13-7+. The number of hydrogen-bond donors (Lipinski definition) is 2. The maximum atomic E-state index is 12.5. The lowest BCUT2D eigenvalue weighted by atomic mass is 10.2. The van der Waals surface area contributed by atoms with E-state index in [0.717, 1.165) is 10.5 Å². The molecule has 0 atom stereocenters. The Labute approximate surface area is 168 Å². The third kappa shape index (κ3) is 5.27. The number of nitriles is 1. The zero-order chi connectivity index (χ0) is 20.0. The number of hydrogen-bond acceptors (Lipinski definition) is 5. The highest BCUT2D eigenvalue weighted by atomic mass is 32.2. The van der Waals surface area contributed by atoms with Gasteiger partial charge in [-0.1, -0.05) is 30.3 Å². The molecule has 1 aromatic heterocycles. The summed E-state index contributed by atoms with van der Waals surface area (Å²) in [5.41, 5.74) is 1.28. The Morgan fingerprint density at radius 2 is 1.96 bits per heavy atom. The van der Waals surface area contributed by atoms with Crippen LogP contribution in [0.3, 0.4) is 0 Å². The number of sulfonamides is 1. The number of carbonyl (C=O) groups is 1. The molecule has 1 saturated heterocycles. The Balaban J connectivity index is 1.50. The van der Waals surface area contributed by atoms with E-state index in [2.05, 4.69) is 5.32 Å². The Morgan fingerprint density at radius 3 is 2.64 bits per heavy atom. The van der Waals surface area contributed by atoms with E-state index >= 15 is 0 Å². The Bertz CT molecular complexity index is 986. The van der Waals surface area contributed by atoms with Crippen LogP contribution in [0, 0.1) is 11.3 Å². The lowest BCUT2D eigenvalue weighted by Gasteiger charge is -2.30. The number of anilines is 1. The molecule has 9 heteroatoms. The number of rotatable bonds is 6. The largest absolute Gasteiger partial charge is 0.325 e. The molecule has 2 heterocycles. The monoisotopic (exact) mass is 417 g/mol. The summed E-state index contributed by atoms with van der Waals surface area (Å²) in [4.78, 5) is 13.2. The molecule has 0 spiro atoms. The van der Waals surface area contributed by atoms with Gasteiger partial charge in [-0.05, 0) is 23.1 Å². The van der Waals surface area contributed by atoms with E-state index in [-0.39, 0.29) is 12.5 Å². The first-order chi connectivity index (χ1) is 13.5. The van der Waals surface area contributed by atoms with Gasteiger partial charge in [0.2, 0.25) is 10.0 Å². The SMILES string of the molecule is N#Cc1ccsc1NC(=O)C[NH+]1CCN(S(=O)(=O)/C=C/c2ccccc2)CC1. The fourth-order valence-corrected chi connectivity index (χ4v) is 4.89. The van der Waals surface area contributed by atoms with E-state index in [9.17, 15) is 13.2 Å². The summed E-state index contributed by atoms with van der Waals surface area (Å²) in [7, 11) is -3.48. The number of nitrogens with one attached hydrogen (secondary N) is 2. The fourth-order valence-electron chi connectivity index (χ4n) is 2.94. The quantitative estimate of drug-likeness (QED) is 0.726. The van der Waals surface area contributed by atoms with Gasteiger partial charge in [0.05, 0.1) is 31.7 Å². The van der Waals surface area contributed by atoms with Crippen molar-refractivity contribution in [1.29, 1.82) is 5.26 Å². The molecule has 0 radical (unpaired) electrons. The van der Waals surface area contributed by atoms with E-state index in [0.29, 0.717) is 36.7 Å². The van der Waals surface area contributed by atoms with Crippen molar-refractivity contribution in [1.82, 2.24) is 4.31 Å². The predicted octanol–water partition coefficient (Wildman–Crippen LogP) is 0.759. The molecule has 7 nitrogen and oxygen atoms in total. The average molecular weight is 418 g/mol. The molecule has 1 aromatic carbocycles. The smallest absolute Gasteiger partial charge is 0.280 e. The minimum Gasteiger partial charge on any atom is -0.325 e. The molecule has 1 aliphatic rings. The maximum absolute atomic E-state index is 12.5. The van der Waals surface area contributed by atoms with Gasteiger partial charge in [-0.25, -0.2) is 8.42 Å². The summed E-state index contributed by atoms with van der Waals surface area (Å²) < 4.78 is 26.4. The van der Waals surface area contributed by atoms with E-state index < -0.39 is 10.0 Å². The normalized spacial score (nSPS) is 16.1. The lowest BCUT2D eigenvalue weighted by Crippen LogP contribution is -3.15. The Morgan fingerprint density at radius 1 is 1.25 bits per heavy atom. The molecular formula is C19H21N4O3S2+. The highest BCUT2D eigenvalue weighted by Gasteiger charge is 2.28. The van der Waals surface area contributed by atoms with Crippen LogP contribution in [0.4, 0.5) is 5.00 Å². The molecule has 2 N–H and O–H groups in total. The summed E-state index contributed by atoms with van der Waals surface area (Å²) in [5, 5.41) is 15.3. The van der Waals surface area contributed by atoms with E-state index in [1.54, 1.807) is 17.5 Å². The van der Waals surface area contributed by atoms with Crippen molar-refractivity contribution in [3.8, 4) is 6.07 Å². The minimum absolute atomic E-state index is 0.172. The van der Waals surface area contributed by atoms with Crippen LogP contribution in [0.1, 0.15) is 11.1 Å². The van der Waals surface area contributed by atoms with Crippen LogP contribution >= 0.6 is 11.3 Å². The van der Waals surface area contributed by atoms with Crippen molar-refractivity contribution in [2.75, 3.05) is 38.0 Å². The molecule has 1 aliphatic heterocycles. The van der Waals surface area contributed by atoms with Crippen LogP contribution in [0.15, 0.2) is 47.2 Å². The third-order valence-corrected chi connectivity index (χ3v) is 6.87. The average Bonchev–Trinajstić information content (AvgIpc) is 3.14. The van der Waals surface area contributed by atoms with Crippen molar-refractivity contribution in [2.45, 2.75) is 0 Å². The topological polar surface area (TPSA) is 94.7 Å². The van der Waals surface area contributed by atoms with E-state index in [1.165, 1.54) is 21.1 Å². The van der Waals surface area contributed by atoms with Crippen LogP contribution in [-0.4, -0.2) is 51.4 Å². The number of thiophene rings is 1. The highest BCUT2D eigenvalue weighted by Crippen LogP contribution is 2.21. The number of quaternary nitrogens is 1. The van der Waals surface area contributed by atoms with E-state index in [4.69, 9.17) is 5.26 Å². The summed E-state index contributed by atoms with van der Waals surface area (Å²) in [6, 6.07) is 13.0. The molecule has 146 valence electrons. The number of piperazine rings is 1. The van der Waals surface area contributed by atoms with Crippen molar-refractivity contribution >= 4 is 38.3 Å². The van der Waals surface area contributed by atoms with Crippen molar-refractivity contribution in [3.05, 3.63) is 58.3 Å². The minimum atomic E-state index is -3.48. The number of carbonyl (C=O) groups excluding carboxylic acids is 1. The first-order valence-electron chi connectivity index (χ1n) is 8.82. The van der Waals surface area contributed by atoms with Crippen molar-refractivity contribution in [2.24, 2.45) is 0 Å². The predicted molar refractivity (Wildman–Crippen MR) is 109 cm³/mol. The maximum Gasteiger partial charge on any atom is 0.280 e. The third-order valence-electron chi connectivity index (χ3n) is 4.47. The van der Waals surface area contributed by atoms with Crippen LogP contribution in [0.5, 0.6) is 0 Å². The molecule has 1 amide bonds. The fraction of sp³-hybridized carbons (Fsp3) is 0.263. The summed E-state index contributed by atoms with van der Waals surface area (Å²) in [5.74, 6) is -0.172. The second kappa shape index (κ2) is 9.12. The molecule has 1 fully saturated rings. The van der Waals surface area contributed by atoms with Gasteiger partial charge in [-0.2, -0.15) is 9.57 Å². The molecule has 0 saturated carbocycles. The summed E-state index contributed by atoms with van der Waals surface area (Å²) in [6.07, 6.45) is 1.59. The molecule has 0 aliphatic carbocycles. The number of amides is 1. The van der Waals surface area contributed by atoms with E-state index in [1.807, 2.05) is 36.4 Å². The lowest BCUT2D eigenvalue weighted by molar-refractivity contribution is -0.895. The first-order valence-corrected chi connectivity index (χ1v) is 11.2. The van der Waals surface area contributed by atoms with Gasteiger partial charge in [0, 0.05) is 5.41 Å². The molecule has 28 heavy (non-hydrogen) atoms. The van der Waals surface area contributed by atoms with Crippen LogP contribution in [0.2, 0.25) is 0 Å². The summed E-state index contributed by atoms with van der Waals surface area (Å²) >= 11 is 1.31. The number of nitrogens with zero attached hydrogens (tertiary/aromatic N) is 2. The molecule has 3 rings (SSSR count). The zero-order valence-corrected chi connectivity index (χ0v) is 16.8. The molecule has 0 unspecified atom stereocenters. The van der Waals surface area contributed by atoms with Crippen molar-refractivity contribution in [3.63, 3.8) is 0 Å². The number of benzene rings is 1. The Hall–Kier alpha value is -2.51. The van der Waals surface area contributed by atoms with Crippen LogP contribution < -0.4 is 10.2 Å². The molecular weight excluding hydrogens is 396 g/mol. The Kier molecular flexibility index (Phi) is 6.59. The molecule has 2 aromatic rings. The van der Waals surface area contributed by atoms with Gasteiger partial charge >= 0.3 is 0 Å². The van der Waals surface area contributed by atoms with Gasteiger partial charge in [-0.15, -0.1) is 11.3 Å². The zero-order valence-electron chi connectivity index (χ0n) is 15.2. The summed E-state index contributed by atoms with van der Waals surface area (Å²) in [6.45, 7) is 2.10. The van der Waals surface area contributed by atoms with Gasteiger partial charge in [0.25, 0.3) is 5.91 Å². The van der Waals surface area contributed by atoms with Gasteiger partial charge in [0.1, 0.15) is 11.1 Å².